The number of halogens is 1. The number of allylic oxidation sites excluding steroid dienone is 4. The first-order valence-electron chi connectivity index (χ1n) is 11.4. The third-order valence-electron chi connectivity index (χ3n) is 6.60. The highest BCUT2D eigenvalue weighted by Crippen LogP contribution is 2.38. The summed E-state index contributed by atoms with van der Waals surface area (Å²) >= 11 is 0. The summed E-state index contributed by atoms with van der Waals surface area (Å²) in [7, 11) is 1.61. The number of benzene rings is 1. The van der Waals surface area contributed by atoms with Crippen molar-refractivity contribution in [2.24, 2.45) is 16.8 Å². The number of nitrogens with zero attached hydrogens (tertiary/aromatic N) is 2. The molecule has 1 aromatic rings. The number of methoxy groups -OCH3 is 1. The standard InChI is InChI=1S/C26H33FN2O/c1-3-5-19-13-16-29(17-14-19)15-4-6-21-9-7-20-8-11-23(26(20)28-21)24-18-22(30-2)10-12-25(24)27/h7-12,18-20H,3-6,13-17H2,1-2H3. The molecule has 0 radical (unpaired) electrons. The fourth-order valence-corrected chi connectivity index (χ4v) is 4.85. The quantitative estimate of drug-likeness (QED) is 0.524. The van der Waals surface area contributed by atoms with Gasteiger partial charge in [0.1, 0.15) is 11.6 Å². The van der Waals surface area contributed by atoms with Crippen LogP contribution in [0.1, 0.15) is 51.0 Å². The van der Waals surface area contributed by atoms with Crippen LogP contribution in [-0.2, 0) is 0 Å². The Bertz CT molecular complexity index is 875. The lowest BCUT2D eigenvalue weighted by Crippen LogP contribution is -2.34. The first kappa shape index (κ1) is 21.0. The van der Waals surface area contributed by atoms with Crippen LogP contribution in [0.5, 0.6) is 5.75 Å². The van der Waals surface area contributed by atoms with E-state index in [1.165, 1.54) is 44.8 Å². The summed E-state index contributed by atoms with van der Waals surface area (Å²) in [5.41, 5.74) is 3.50. The van der Waals surface area contributed by atoms with Crippen LogP contribution in [0, 0.1) is 17.7 Å². The van der Waals surface area contributed by atoms with Crippen molar-refractivity contribution >= 4 is 11.3 Å². The van der Waals surface area contributed by atoms with Crippen molar-refractivity contribution in [2.75, 3.05) is 26.7 Å². The van der Waals surface area contributed by atoms with E-state index in [1.54, 1.807) is 19.2 Å². The minimum absolute atomic E-state index is 0.145. The fourth-order valence-electron chi connectivity index (χ4n) is 4.85. The summed E-state index contributed by atoms with van der Waals surface area (Å²) in [4.78, 5) is 7.54. The van der Waals surface area contributed by atoms with E-state index in [1.807, 2.05) is 6.08 Å². The van der Waals surface area contributed by atoms with Gasteiger partial charge in [0.15, 0.2) is 0 Å². The number of hydrogen-bond acceptors (Lipinski definition) is 3. The molecule has 4 rings (SSSR count). The van der Waals surface area contributed by atoms with E-state index in [-0.39, 0.29) is 11.7 Å². The molecule has 3 nitrogen and oxygen atoms in total. The first-order chi connectivity index (χ1) is 14.7. The van der Waals surface area contributed by atoms with E-state index in [2.05, 4.69) is 30.1 Å². The lowest BCUT2D eigenvalue weighted by Gasteiger charge is -2.31. The highest BCUT2D eigenvalue weighted by Gasteiger charge is 2.24. The Kier molecular flexibility index (Phi) is 6.83. The van der Waals surface area contributed by atoms with Gasteiger partial charge >= 0.3 is 0 Å². The number of aliphatic imine (C=N–C) groups is 1. The number of hydrogen-bond donors (Lipinski definition) is 0. The molecule has 30 heavy (non-hydrogen) atoms. The van der Waals surface area contributed by atoms with Crippen LogP contribution in [0.4, 0.5) is 4.39 Å². The van der Waals surface area contributed by atoms with E-state index in [0.717, 1.165) is 42.3 Å². The second-order valence-corrected chi connectivity index (χ2v) is 8.67. The average Bonchev–Trinajstić information content (AvgIpc) is 3.19. The molecule has 0 amide bonds. The van der Waals surface area contributed by atoms with Crippen LogP contribution in [0.3, 0.4) is 0 Å². The second kappa shape index (κ2) is 9.74. The number of ether oxygens (including phenoxy) is 1. The molecule has 0 N–H and O–H groups in total. The molecule has 160 valence electrons. The summed E-state index contributed by atoms with van der Waals surface area (Å²) in [5.74, 6) is 1.51. The van der Waals surface area contributed by atoms with Crippen molar-refractivity contribution in [3.63, 3.8) is 0 Å². The molecule has 1 saturated heterocycles. The fraction of sp³-hybridized carbons (Fsp3) is 0.500. The predicted octanol–water partition coefficient (Wildman–Crippen LogP) is 6.03. The van der Waals surface area contributed by atoms with Crippen molar-refractivity contribution in [1.82, 2.24) is 4.90 Å². The molecule has 0 aromatic heterocycles. The van der Waals surface area contributed by atoms with Crippen LogP contribution in [0.2, 0.25) is 0 Å². The number of dihydropyridines is 1. The van der Waals surface area contributed by atoms with Gasteiger partial charge in [-0.25, -0.2) is 4.39 Å². The maximum absolute atomic E-state index is 14.5. The van der Waals surface area contributed by atoms with Gasteiger partial charge in [-0.1, -0.05) is 38.0 Å². The third-order valence-corrected chi connectivity index (χ3v) is 6.60. The van der Waals surface area contributed by atoms with Crippen molar-refractivity contribution in [1.29, 1.82) is 0 Å². The molecule has 0 spiro atoms. The zero-order valence-corrected chi connectivity index (χ0v) is 18.2. The smallest absolute Gasteiger partial charge is 0.131 e. The van der Waals surface area contributed by atoms with Gasteiger partial charge in [0.2, 0.25) is 0 Å². The van der Waals surface area contributed by atoms with E-state index < -0.39 is 0 Å². The molecule has 1 fully saturated rings. The summed E-state index contributed by atoms with van der Waals surface area (Å²) in [5, 5.41) is 0. The van der Waals surface area contributed by atoms with E-state index >= 15 is 0 Å². The van der Waals surface area contributed by atoms with Gasteiger partial charge in [-0.15, -0.1) is 0 Å². The van der Waals surface area contributed by atoms with Crippen LogP contribution in [0.15, 0.2) is 53.2 Å². The Morgan fingerprint density at radius 1 is 1.17 bits per heavy atom. The Labute approximate surface area is 180 Å². The zero-order valence-electron chi connectivity index (χ0n) is 18.2. The van der Waals surface area contributed by atoms with Crippen LogP contribution < -0.4 is 4.74 Å². The molecule has 4 heteroatoms. The molecule has 1 unspecified atom stereocenters. The molecular weight excluding hydrogens is 375 g/mol. The van der Waals surface area contributed by atoms with E-state index in [0.29, 0.717) is 11.3 Å². The number of piperidine rings is 1. The van der Waals surface area contributed by atoms with Crippen LogP contribution in [-0.4, -0.2) is 37.4 Å². The molecule has 3 aliphatic rings. The maximum Gasteiger partial charge on any atom is 0.131 e. The molecule has 1 aromatic carbocycles. The minimum atomic E-state index is -0.235. The summed E-state index contributed by atoms with van der Waals surface area (Å²) < 4.78 is 19.8. The topological polar surface area (TPSA) is 24.8 Å². The van der Waals surface area contributed by atoms with Crippen LogP contribution in [0.25, 0.3) is 5.57 Å². The Morgan fingerprint density at radius 2 is 1.97 bits per heavy atom. The van der Waals surface area contributed by atoms with E-state index in [9.17, 15) is 4.39 Å². The third kappa shape index (κ3) is 4.75. The van der Waals surface area contributed by atoms with Gasteiger partial charge in [0.05, 0.1) is 12.8 Å². The predicted molar refractivity (Wildman–Crippen MR) is 122 cm³/mol. The van der Waals surface area contributed by atoms with Gasteiger partial charge in [-0.05, 0) is 75.5 Å². The summed E-state index contributed by atoms with van der Waals surface area (Å²) in [6.07, 6.45) is 15.9. The Hall–Kier alpha value is -2.20. The molecule has 1 aliphatic carbocycles. The summed E-state index contributed by atoms with van der Waals surface area (Å²) in [6, 6.07) is 4.89. The highest BCUT2D eigenvalue weighted by molar-refractivity contribution is 5.98. The molecule has 2 aliphatic heterocycles. The molecule has 1 atom stereocenters. The summed E-state index contributed by atoms with van der Waals surface area (Å²) in [6.45, 7) is 5.91. The molecular formula is C26H33FN2O. The van der Waals surface area contributed by atoms with Crippen molar-refractivity contribution in [3.8, 4) is 5.75 Å². The monoisotopic (exact) mass is 408 g/mol. The molecule has 2 heterocycles. The largest absolute Gasteiger partial charge is 0.497 e. The minimum Gasteiger partial charge on any atom is -0.497 e. The van der Waals surface area contributed by atoms with Gasteiger partial charge in [0, 0.05) is 22.8 Å². The first-order valence-corrected chi connectivity index (χ1v) is 11.4. The average molecular weight is 409 g/mol. The molecule has 0 bridgehead atoms. The number of likely N-dealkylation sites (tertiary alicyclic amines) is 1. The van der Waals surface area contributed by atoms with Gasteiger partial charge in [-0.2, -0.15) is 0 Å². The SMILES string of the molecule is CCCC1CCN(CCCC2=NC3=C(c4cc(OC)ccc4F)C=CC3C=C2)CC1. The lowest BCUT2D eigenvalue weighted by molar-refractivity contribution is 0.178. The van der Waals surface area contributed by atoms with Crippen LogP contribution >= 0.6 is 0 Å². The molecule has 0 saturated carbocycles. The second-order valence-electron chi connectivity index (χ2n) is 8.67. The normalized spacial score (nSPS) is 21.8. The Morgan fingerprint density at radius 3 is 2.73 bits per heavy atom. The van der Waals surface area contributed by atoms with Gasteiger partial charge in [-0.3, -0.25) is 4.99 Å². The van der Waals surface area contributed by atoms with Gasteiger partial charge in [0.25, 0.3) is 0 Å². The maximum atomic E-state index is 14.5. The number of fused-ring (bicyclic) bond motifs is 1. The van der Waals surface area contributed by atoms with Crippen molar-refractivity contribution in [3.05, 3.63) is 59.6 Å². The highest BCUT2D eigenvalue weighted by atomic mass is 19.1. The zero-order chi connectivity index (χ0) is 20.9. The Balaban J connectivity index is 1.39. The van der Waals surface area contributed by atoms with Gasteiger partial charge < -0.3 is 9.64 Å². The van der Waals surface area contributed by atoms with Crippen molar-refractivity contribution < 1.29 is 9.13 Å². The van der Waals surface area contributed by atoms with Crippen molar-refractivity contribution in [2.45, 2.75) is 45.4 Å². The number of rotatable bonds is 8. The lowest BCUT2D eigenvalue weighted by atomic mass is 9.92. The van der Waals surface area contributed by atoms with E-state index in [4.69, 9.17) is 9.73 Å².